The van der Waals surface area contributed by atoms with Crippen LogP contribution < -0.4 is 0 Å². The summed E-state index contributed by atoms with van der Waals surface area (Å²) in [6, 6.07) is 14.8. The SMILES string of the molecule is CC(=O)CN1CC(C)c2ccccc2C1c1ccccc1F. The molecule has 3 rings (SSSR count). The number of hydrogen-bond donors (Lipinski definition) is 0. The van der Waals surface area contributed by atoms with Crippen molar-refractivity contribution < 1.29 is 9.18 Å². The van der Waals surface area contributed by atoms with Gasteiger partial charge in [-0.25, -0.2) is 4.39 Å². The van der Waals surface area contributed by atoms with Gasteiger partial charge >= 0.3 is 0 Å². The lowest BCUT2D eigenvalue weighted by Gasteiger charge is -2.40. The molecular weight excluding hydrogens is 277 g/mol. The molecule has 0 aliphatic carbocycles. The first-order chi connectivity index (χ1) is 10.6. The minimum absolute atomic E-state index is 0.105. The highest BCUT2D eigenvalue weighted by atomic mass is 19.1. The van der Waals surface area contributed by atoms with E-state index >= 15 is 0 Å². The van der Waals surface area contributed by atoms with Crippen LogP contribution in [0, 0.1) is 5.82 Å². The van der Waals surface area contributed by atoms with Crippen molar-refractivity contribution >= 4 is 5.78 Å². The summed E-state index contributed by atoms with van der Waals surface area (Å²) in [4.78, 5) is 13.7. The van der Waals surface area contributed by atoms with E-state index in [4.69, 9.17) is 0 Å². The summed E-state index contributed by atoms with van der Waals surface area (Å²) >= 11 is 0. The summed E-state index contributed by atoms with van der Waals surface area (Å²) in [6.07, 6.45) is 0. The number of ketones is 1. The molecule has 2 atom stereocenters. The Labute approximate surface area is 130 Å². The molecule has 0 aromatic heterocycles. The van der Waals surface area contributed by atoms with Crippen LogP contribution in [-0.2, 0) is 4.79 Å². The topological polar surface area (TPSA) is 20.3 Å². The maximum Gasteiger partial charge on any atom is 0.143 e. The highest BCUT2D eigenvalue weighted by Gasteiger charge is 2.33. The number of halogens is 1. The van der Waals surface area contributed by atoms with Crippen LogP contribution >= 0.6 is 0 Å². The second kappa shape index (κ2) is 6.01. The second-order valence-corrected chi connectivity index (χ2v) is 6.09. The van der Waals surface area contributed by atoms with Gasteiger partial charge in [0.1, 0.15) is 11.6 Å². The van der Waals surface area contributed by atoms with Gasteiger partial charge < -0.3 is 0 Å². The Morgan fingerprint density at radius 1 is 1.09 bits per heavy atom. The van der Waals surface area contributed by atoms with Crippen molar-refractivity contribution in [2.24, 2.45) is 0 Å². The molecule has 0 bridgehead atoms. The van der Waals surface area contributed by atoms with Crippen LogP contribution in [0.3, 0.4) is 0 Å². The fourth-order valence-electron chi connectivity index (χ4n) is 3.46. The van der Waals surface area contributed by atoms with E-state index in [0.717, 1.165) is 12.1 Å². The molecule has 0 fully saturated rings. The minimum Gasteiger partial charge on any atom is -0.299 e. The van der Waals surface area contributed by atoms with E-state index in [0.29, 0.717) is 18.0 Å². The van der Waals surface area contributed by atoms with Crippen LogP contribution in [0.2, 0.25) is 0 Å². The number of fused-ring (bicyclic) bond motifs is 1. The zero-order valence-corrected chi connectivity index (χ0v) is 12.9. The molecule has 2 aromatic rings. The van der Waals surface area contributed by atoms with Crippen LogP contribution in [0.4, 0.5) is 4.39 Å². The van der Waals surface area contributed by atoms with Crippen LogP contribution in [-0.4, -0.2) is 23.8 Å². The van der Waals surface area contributed by atoms with E-state index in [1.807, 2.05) is 24.3 Å². The van der Waals surface area contributed by atoms with Gasteiger partial charge in [-0.3, -0.25) is 9.69 Å². The molecule has 2 nitrogen and oxygen atoms in total. The van der Waals surface area contributed by atoms with Gasteiger partial charge in [0.15, 0.2) is 0 Å². The van der Waals surface area contributed by atoms with Crippen molar-refractivity contribution in [3.8, 4) is 0 Å². The molecule has 2 aromatic carbocycles. The van der Waals surface area contributed by atoms with Crippen molar-refractivity contribution in [2.75, 3.05) is 13.1 Å². The van der Waals surface area contributed by atoms with Crippen LogP contribution in [0.25, 0.3) is 0 Å². The third kappa shape index (κ3) is 2.69. The van der Waals surface area contributed by atoms with Gasteiger partial charge in [-0.15, -0.1) is 0 Å². The van der Waals surface area contributed by atoms with E-state index in [-0.39, 0.29) is 17.6 Å². The largest absolute Gasteiger partial charge is 0.299 e. The Hall–Kier alpha value is -2.00. The molecule has 0 radical (unpaired) electrons. The Bertz CT molecular complexity index is 697. The zero-order valence-electron chi connectivity index (χ0n) is 12.9. The number of benzene rings is 2. The number of nitrogens with zero attached hydrogens (tertiary/aromatic N) is 1. The summed E-state index contributed by atoms with van der Waals surface area (Å²) in [5.74, 6) is 0.219. The molecular formula is C19H20FNO. The lowest BCUT2D eigenvalue weighted by molar-refractivity contribution is -0.118. The lowest BCUT2D eigenvalue weighted by Crippen LogP contribution is -2.40. The fraction of sp³-hybridized carbons (Fsp3) is 0.316. The summed E-state index contributed by atoms with van der Waals surface area (Å²) in [7, 11) is 0. The first-order valence-corrected chi connectivity index (χ1v) is 7.64. The van der Waals surface area contributed by atoms with Crippen LogP contribution in [0.15, 0.2) is 48.5 Å². The monoisotopic (exact) mass is 297 g/mol. The van der Waals surface area contributed by atoms with E-state index in [9.17, 15) is 9.18 Å². The molecule has 22 heavy (non-hydrogen) atoms. The maximum absolute atomic E-state index is 14.4. The van der Waals surface area contributed by atoms with E-state index < -0.39 is 0 Å². The summed E-state index contributed by atoms with van der Waals surface area (Å²) < 4.78 is 14.4. The minimum atomic E-state index is -0.217. The average molecular weight is 297 g/mol. The Kier molecular flexibility index (Phi) is 4.08. The highest BCUT2D eigenvalue weighted by molar-refractivity contribution is 5.77. The fourth-order valence-corrected chi connectivity index (χ4v) is 3.46. The highest BCUT2D eigenvalue weighted by Crippen LogP contribution is 2.40. The molecule has 1 aliphatic heterocycles. The number of carbonyl (C=O) groups excluding carboxylic acids is 1. The predicted octanol–water partition coefficient (Wildman–Crippen LogP) is 3.92. The van der Waals surface area contributed by atoms with Gasteiger partial charge in [-0.2, -0.15) is 0 Å². The van der Waals surface area contributed by atoms with Crippen molar-refractivity contribution in [1.29, 1.82) is 0 Å². The van der Waals surface area contributed by atoms with Gasteiger partial charge in [0.05, 0.1) is 12.6 Å². The predicted molar refractivity (Wildman–Crippen MR) is 85.4 cm³/mol. The summed E-state index contributed by atoms with van der Waals surface area (Å²) in [5.41, 5.74) is 2.99. The quantitative estimate of drug-likeness (QED) is 0.855. The van der Waals surface area contributed by atoms with E-state index in [1.54, 1.807) is 13.0 Å². The smallest absolute Gasteiger partial charge is 0.143 e. The van der Waals surface area contributed by atoms with Crippen molar-refractivity contribution in [1.82, 2.24) is 4.90 Å². The van der Waals surface area contributed by atoms with Crippen molar-refractivity contribution in [3.05, 3.63) is 71.0 Å². The summed E-state index contributed by atoms with van der Waals surface area (Å²) in [6.45, 7) is 4.85. The third-order valence-corrected chi connectivity index (χ3v) is 4.32. The number of carbonyl (C=O) groups is 1. The molecule has 3 heteroatoms. The maximum atomic E-state index is 14.4. The van der Waals surface area contributed by atoms with Gasteiger partial charge in [-0.1, -0.05) is 49.4 Å². The van der Waals surface area contributed by atoms with Crippen LogP contribution in [0.1, 0.15) is 42.5 Å². The molecule has 1 heterocycles. The molecule has 0 amide bonds. The number of rotatable bonds is 3. The first-order valence-electron chi connectivity index (χ1n) is 7.64. The number of Topliss-reactive ketones (excluding diaryl/α,β-unsaturated/α-hetero) is 1. The van der Waals surface area contributed by atoms with E-state index in [2.05, 4.69) is 24.0 Å². The van der Waals surface area contributed by atoms with Gasteiger partial charge in [0.2, 0.25) is 0 Å². The molecule has 0 N–H and O–H groups in total. The molecule has 1 aliphatic rings. The Morgan fingerprint density at radius 3 is 2.32 bits per heavy atom. The molecule has 2 unspecified atom stereocenters. The van der Waals surface area contributed by atoms with Crippen molar-refractivity contribution in [2.45, 2.75) is 25.8 Å². The zero-order chi connectivity index (χ0) is 15.7. The molecule has 0 spiro atoms. The number of hydrogen-bond acceptors (Lipinski definition) is 2. The average Bonchev–Trinajstić information content (AvgIpc) is 2.48. The summed E-state index contributed by atoms with van der Waals surface area (Å²) in [5, 5.41) is 0. The van der Waals surface area contributed by atoms with Gasteiger partial charge in [-0.05, 0) is 30.0 Å². The second-order valence-electron chi connectivity index (χ2n) is 6.09. The van der Waals surface area contributed by atoms with Crippen molar-refractivity contribution in [3.63, 3.8) is 0 Å². The van der Waals surface area contributed by atoms with Crippen LogP contribution in [0.5, 0.6) is 0 Å². The van der Waals surface area contributed by atoms with Gasteiger partial charge in [0, 0.05) is 12.1 Å². The Morgan fingerprint density at radius 2 is 1.68 bits per heavy atom. The van der Waals surface area contributed by atoms with Gasteiger partial charge in [0.25, 0.3) is 0 Å². The standard InChI is InChI=1S/C19H20FNO/c1-13-11-21(12-14(2)22)19(16-8-4-3-7-15(13)16)17-9-5-6-10-18(17)20/h3-10,13,19H,11-12H2,1-2H3. The third-order valence-electron chi connectivity index (χ3n) is 4.32. The first kappa shape index (κ1) is 14.9. The molecule has 0 saturated heterocycles. The lowest BCUT2D eigenvalue weighted by atomic mass is 9.83. The van der Waals surface area contributed by atoms with E-state index in [1.165, 1.54) is 11.6 Å². The Balaban J connectivity index is 2.14. The normalized spacial score (nSPS) is 21.4. The molecule has 114 valence electrons. The molecule has 0 saturated carbocycles.